The minimum Gasteiger partial charge on any atom is -0.368 e. The van der Waals surface area contributed by atoms with Gasteiger partial charge in [-0.15, -0.1) is 0 Å². The number of nitrogens with one attached hydrogen (secondary N) is 2. The van der Waals surface area contributed by atoms with E-state index in [0.717, 1.165) is 56.1 Å². The van der Waals surface area contributed by atoms with E-state index in [-0.39, 0.29) is 17.6 Å². The Morgan fingerprint density at radius 3 is 1.80 bits per heavy atom. The molecule has 1 saturated carbocycles. The molecule has 0 unspecified atom stereocenters. The van der Waals surface area contributed by atoms with Crippen LogP contribution in [0.15, 0.2) is 91.1 Å². The molecule has 0 radical (unpaired) electrons. The van der Waals surface area contributed by atoms with Crippen molar-refractivity contribution in [2.75, 3.05) is 41.7 Å². The van der Waals surface area contributed by atoms with E-state index in [4.69, 9.17) is 0 Å². The molecule has 4 aromatic rings. The Morgan fingerprint density at radius 2 is 1.27 bits per heavy atom. The van der Waals surface area contributed by atoms with Gasteiger partial charge in [0, 0.05) is 79.2 Å². The average Bonchev–Trinajstić information content (AvgIpc) is 3.77. The molecule has 3 aromatic carbocycles. The van der Waals surface area contributed by atoms with Crippen molar-refractivity contribution in [3.05, 3.63) is 108 Å². The molecule has 2 amide bonds. The zero-order chi connectivity index (χ0) is 28.3. The highest BCUT2D eigenvalue weighted by Gasteiger charge is 2.34. The van der Waals surface area contributed by atoms with Gasteiger partial charge in [0.15, 0.2) is 5.78 Å². The lowest BCUT2D eigenvalue weighted by Gasteiger charge is -2.36. The highest BCUT2D eigenvalue weighted by molar-refractivity contribution is 6.09. The predicted octanol–water partition coefficient (Wildman–Crippen LogP) is 5.31. The summed E-state index contributed by atoms with van der Waals surface area (Å²) in [5.74, 6) is 0.333. The largest absolute Gasteiger partial charge is 0.368 e. The van der Waals surface area contributed by atoms with E-state index >= 15 is 0 Å². The number of anilines is 4. The smallest absolute Gasteiger partial charge is 0.272 e. The number of carbonyl (C=O) groups is 3. The zero-order valence-corrected chi connectivity index (χ0v) is 23.0. The second-order valence-electron chi connectivity index (χ2n) is 10.7. The van der Waals surface area contributed by atoms with Crippen molar-refractivity contribution in [3.8, 4) is 0 Å². The number of aromatic nitrogens is 1. The molecule has 1 aromatic heterocycles. The second kappa shape index (κ2) is 11.3. The van der Waals surface area contributed by atoms with Crippen molar-refractivity contribution in [3.63, 3.8) is 0 Å². The number of carbonyl (C=O) groups excluding carboxylic acids is 3. The summed E-state index contributed by atoms with van der Waals surface area (Å²) in [6, 6.07) is 26.2. The van der Waals surface area contributed by atoms with E-state index < -0.39 is 0 Å². The number of ketones is 1. The van der Waals surface area contributed by atoms with E-state index in [1.165, 1.54) is 0 Å². The molecule has 2 fully saturated rings. The summed E-state index contributed by atoms with van der Waals surface area (Å²) in [5, 5.41) is 6.26. The monoisotopic (exact) mass is 547 g/mol. The van der Waals surface area contributed by atoms with Crippen LogP contribution in [0.3, 0.4) is 0 Å². The molecule has 8 heteroatoms. The van der Waals surface area contributed by atoms with Gasteiger partial charge < -0.3 is 25.0 Å². The van der Waals surface area contributed by atoms with Gasteiger partial charge in [-0.1, -0.05) is 0 Å². The third kappa shape index (κ3) is 6.01. The topological polar surface area (TPSA) is 86.7 Å². The molecule has 0 spiro atoms. The van der Waals surface area contributed by atoms with E-state index in [0.29, 0.717) is 28.4 Å². The van der Waals surface area contributed by atoms with Crippen molar-refractivity contribution in [1.82, 2.24) is 9.47 Å². The maximum absolute atomic E-state index is 13.0. The van der Waals surface area contributed by atoms with Gasteiger partial charge in [-0.3, -0.25) is 14.4 Å². The van der Waals surface area contributed by atoms with Crippen molar-refractivity contribution in [1.29, 1.82) is 0 Å². The van der Waals surface area contributed by atoms with Crippen LogP contribution in [0.1, 0.15) is 39.3 Å². The molecule has 2 heterocycles. The van der Waals surface area contributed by atoms with Gasteiger partial charge in [-0.25, -0.2) is 0 Å². The summed E-state index contributed by atoms with van der Waals surface area (Å²) in [5.41, 5.74) is 5.33. The van der Waals surface area contributed by atoms with Gasteiger partial charge >= 0.3 is 0 Å². The number of benzene rings is 3. The van der Waals surface area contributed by atoms with Gasteiger partial charge in [0.2, 0.25) is 5.91 Å². The van der Waals surface area contributed by atoms with Crippen molar-refractivity contribution in [2.24, 2.45) is 13.0 Å². The third-order valence-electron chi connectivity index (χ3n) is 7.77. The average molecular weight is 548 g/mol. The van der Waals surface area contributed by atoms with Gasteiger partial charge in [-0.05, 0) is 97.8 Å². The summed E-state index contributed by atoms with van der Waals surface area (Å²) >= 11 is 0. The molecular weight excluding hydrogens is 514 g/mol. The number of piperazine rings is 1. The SMILES string of the molecule is Cn1cccc1C(=O)Nc1ccc(C(=O)c2ccc(Nc3ccc(N4CCN(C(=O)C5CC5)CC4)cc3)cc2)cc1. The first kappa shape index (κ1) is 26.4. The van der Waals surface area contributed by atoms with Crippen molar-refractivity contribution >= 4 is 40.3 Å². The lowest BCUT2D eigenvalue weighted by atomic mass is 10.0. The maximum atomic E-state index is 13.0. The molecular formula is C33H33N5O3. The molecule has 0 bridgehead atoms. The predicted molar refractivity (Wildman–Crippen MR) is 161 cm³/mol. The summed E-state index contributed by atoms with van der Waals surface area (Å²) in [6.45, 7) is 3.28. The van der Waals surface area contributed by atoms with Crippen LogP contribution >= 0.6 is 0 Å². The van der Waals surface area contributed by atoms with Gasteiger partial charge in [0.1, 0.15) is 5.69 Å². The Morgan fingerprint density at radius 1 is 0.707 bits per heavy atom. The van der Waals surface area contributed by atoms with Crippen LogP contribution in [0.4, 0.5) is 22.7 Å². The standard InChI is InChI=1S/C33H33N5O3/c1-36-18-2-3-30(36)32(40)35-28-12-8-24(9-13-28)31(39)23-6-10-26(11-7-23)34-27-14-16-29(17-15-27)37-19-21-38(22-20-37)33(41)25-4-5-25/h2-3,6-18,25,34H,4-5,19-22H2,1H3,(H,35,40). The fourth-order valence-electron chi connectivity index (χ4n) is 5.16. The first-order valence-electron chi connectivity index (χ1n) is 14.0. The fourth-order valence-corrected chi connectivity index (χ4v) is 5.16. The van der Waals surface area contributed by atoms with Crippen LogP contribution in [-0.4, -0.2) is 53.2 Å². The van der Waals surface area contributed by atoms with E-state index in [1.54, 1.807) is 34.9 Å². The Bertz CT molecular complexity index is 1550. The van der Waals surface area contributed by atoms with Gasteiger partial charge in [-0.2, -0.15) is 0 Å². The summed E-state index contributed by atoms with van der Waals surface area (Å²) in [6.07, 6.45) is 3.92. The molecule has 1 saturated heterocycles. The number of rotatable bonds is 8. The molecule has 1 aliphatic carbocycles. The molecule has 2 N–H and O–H groups in total. The number of amides is 2. The zero-order valence-electron chi connectivity index (χ0n) is 23.0. The number of hydrogen-bond donors (Lipinski definition) is 2. The minimum absolute atomic E-state index is 0.0832. The summed E-state index contributed by atoms with van der Waals surface area (Å²) in [7, 11) is 1.82. The number of aryl methyl sites for hydroxylation is 1. The number of nitrogens with zero attached hydrogens (tertiary/aromatic N) is 3. The molecule has 1 aliphatic heterocycles. The summed E-state index contributed by atoms with van der Waals surface area (Å²) < 4.78 is 1.75. The highest BCUT2D eigenvalue weighted by Crippen LogP contribution is 2.31. The third-order valence-corrected chi connectivity index (χ3v) is 7.77. The van der Waals surface area contributed by atoms with E-state index in [2.05, 4.69) is 27.7 Å². The molecule has 8 nitrogen and oxygen atoms in total. The number of hydrogen-bond acceptors (Lipinski definition) is 5. The van der Waals surface area contributed by atoms with Crippen molar-refractivity contribution < 1.29 is 14.4 Å². The lowest BCUT2D eigenvalue weighted by Crippen LogP contribution is -2.49. The van der Waals surface area contributed by atoms with Crippen LogP contribution < -0.4 is 15.5 Å². The van der Waals surface area contributed by atoms with Crippen LogP contribution in [0, 0.1) is 5.92 Å². The highest BCUT2D eigenvalue weighted by atomic mass is 16.2. The first-order valence-corrected chi connectivity index (χ1v) is 14.0. The van der Waals surface area contributed by atoms with E-state index in [1.807, 2.05) is 60.6 Å². The van der Waals surface area contributed by atoms with Crippen LogP contribution in [0.2, 0.25) is 0 Å². The van der Waals surface area contributed by atoms with Gasteiger partial charge in [0.05, 0.1) is 0 Å². The second-order valence-corrected chi connectivity index (χ2v) is 10.7. The molecule has 208 valence electrons. The van der Waals surface area contributed by atoms with Gasteiger partial charge in [0.25, 0.3) is 5.91 Å². The molecule has 41 heavy (non-hydrogen) atoms. The minimum atomic E-state index is -0.200. The fraction of sp³-hybridized carbons (Fsp3) is 0.242. The van der Waals surface area contributed by atoms with Crippen LogP contribution in [0.25, 0.3) is 0 Å². The molecule has 6 rings (SSSR count). The normalized spacial score (nSPS) is 15.0. The van der Waals surface area contributed by atoms with Crippen LogP contribution in [-0.2, 0) is 11.8 Å². The summed E-state index contributed by atoms with van der Waals surface area (Å²) in [4.78, 5) is 42.1. The Hall–Kier alpha value is -4.85. The maximum Gasteiger partial charge on any atom is 0.272 e. The quantitative estimate of drug-likeness (QED) is 0.292. The van der Waals surface area contributed by atoms with E-state index in [9.17, 15) is 14.4 Å². The Kier molecular flexibility index (Phi) is 7.29. The Labute approximate surface area is 239 Å². The van der Waals surface area contributed by atoms with Crippen LogP contribution in [0.5, 0.6) is 0 Å². The van der Waals surface area contributed by atoms with Crippen molar-refractivity contribution in [2.45, 2.75) is 12.8 Å². The molecule has 0 atom stereocenters. The first-order chi connectivity index (χ1) is 19.9. The molecule has 2 aliphatic rings. The lowest BCUT2D eigenvalue weighted by molar-refractivity contribution is -0.132. The Balaban J connectivity index is 1.02.